The molecule has 0 aliphatic heterocycles. The lowest BCUT2D eigenvalue weighted by atomic mass is 10.1. The maximum Gasteiger partial charge on any atom is 0.118 e. The van der Waals surface area contributed by atoms with E-state index in [1.165, 1.54) is 50.5 Å². The molecule has 20 heavy (non-hydrogen) atoms. The van der Waals surface area contributed by atoms with Crippen LogP contribution in [0.1, 0.15) is 70.4 Å². The minimum atomic E-state index is 0.418. The van der Waals surface area contributed by atoms with Gasteiger partial charge in [-0.25, -0.2) is 0 Å². The summed E-state index contributed by atoms with van der Waals surface area (Å²) in [5.41, 5.74) is 1.33. The van der Waals surface area contributed by atoms with Crippen molar-refractivity contribution in [1.29, 1.82) is 0 Å². The van der Waals surface area contributed by atoms with E-state index >= 15 is 0 Å². The lowest BCUT2D eigenvalue weighted by Crippen LogP contribution is -2.19. The zero-order valence-corrected chi connectivity index (χ0v) is 13.5. The summed E-state index contributed by atoms with van der Waals surface area (Å²) in [6.07, 6.45) is 9.57. The van der Waals surface area contributed by atoms with Gasteiger partial charge in [-0.05, 0) is 37.6 Å². The number of rotatable bonds is 11. The van der Waals surface area contributed by atoms with Crippen LogP contribution in [0.25, 0.3) is 0 Å². The first-order valence-corrected chi connectivity index (χ1v) is 8.15. The molecule has 1 rings (SSSR count). The van der Waals surface area contributed by atoms with Crippen molar-refractivity contribution in [2.45, 2.75) is 64.8 Å². The molecule has 0 fully saturated rings. The number of hydrogen-bond donors (Lipinski definition) is 1. The van der Waals surface area contributed by atoms with Crippen molar-refractivity contribution in [3.8, 4) is 5.75 Å². The average Bonchev–Trinajstić information content (AvgIpc) is 2.50. The van der Waals surface area contributed by atoms with Crippen LogP contribution in [0.2, 0.25) is 0 Å². The van der Waals surface area contributed by atoms with Crippen molar-refractivity contribution < 1.29 is 4.74 Å². The van der Waals surface area contributed by atoms with Crippen LogP contribution in [0.4, 0.5) is 0 Å². The highest BCUT2D eigenvalue weighted by Crippen LogP contribution is 2.17. The molecule has 0 aliphatic rings. The van der Waals surface area contributed by atoms with Crippen LogP contribution in [-0.4, -0.2) is 13.7 Å². The minimum absolute atomic E-state index is 0.418. The third-order valence-electron chi connectivity index (χ3n) is 3.85. The summed E-state index contributed by atoms with van der Waals surface area (Å²) >= 11 is 0. The van der Waals surface area contributed by atoms with Crippen LogP contribution in [0.15, 0.2) is 24.3 Å². The van der Waals surface area contributed by atoms with Gasteiger partial charge in [0, 0.05) is 6.04 Å². The molecule has 2 heteroatoms. The van der Waals surface area contributed by atoms with Gasteiger partial charge < -0.3 is 10.1 Å². The molecule has 0 heterocycles. The van der Waals surface area contributed by atoms with Crippen molar-refractivity contribution >= 4 is 0 Å². The molecule has 1 atom stereocenters. The molecule has 0 saturated carbocycles. The lowest BCUT2D eigenvalue weighted by molar-refractivity contribution is 0.414. The van der Waals surface area contributed by atoms with Gasteiger partial charge in [0.2, 0.25) is 0 Å². The van der Waals surface area contributed by atoms with E-state index in [1.54, 1.807) is 7.11 Å². The number of unbranched alkanes of at least 4 members (excludes halogenated alkanes) is 6. The van der Waals surface area contributed by atoms with Gasteiger partial charge in [-0.2, -0.15) is 0 Å². The predicted molar refractivity (Wildman–Crippen MR) is 87.4 cm³/mol. The molecule has 0 aliphatic carbocycles. The largest absolute Gasteiger partial charge is 0.497 e. The van der Waals surface area contributed by atoms with Gasteiger partial charge in [0.05, 0.1) is 7.11 Å². The second-order valence-electron chi connectivity index (χ2n) is 5.57. The molecule has 1 aromatic carbocycles. The molecule has 0 radical (unpaired) electrons. The minimum Gasteiger partial charge on any atom is -0.497 e. The fourth-order valence-corrected chi connectivity index (χ4v) is 2.41. The number of methoxy groups -OCH3 is 1. The van der Waals surface area contributed by atoms with Crippen molar-refractivity contribution in [3.05, 3.63) is 29.8 Å². The number of ether oxygens (including phenoxy) is 1. The summed E-state index contributed by atoms with van der Waals surface area (Å²) in [6, 6.07) is 8.76. The molecular weight excluding hydrogens is 246 g/mol. The Kier molecular flexibility index (Phi) is 9.14. The Morgan fingerprint density at radius 3 is 2.15 bits per heavy atom. The van der Waals surface area contributed by atoms with Crippen molar-refractivity contribution in [2.75, 3.05) is 13.7 Å². The third-order valence-corrected chi connectivity index (χ3v) is 3.85. The van der Waals surface area contributed by atoms with E-state index < -0.39 is 0 Å². The zero-order chi connectivity index (χ0) is 14.6. The highest BCUT2D eigenvalue weighted by molar-refractivity contribution is 5.28. The zero-order valence-electron chi connectivity index (χ0n) is 13.5. The number of nitrogens with one attached hydrogen (secondary N) is 1. The Bertz CT molecular complexity index is 334. The van der Waals surface area contributed by atoms with Crippen LogP contribution >= 0.6 is 0 Å². The standard InChI is InChI=1S/C18H31NO/c1-4-5-6-7-8-9-10-15-19-16(2)17-11-13-18(20-3)14-12-17/h11-14,16,19H,4-10,15H2,1-3H3. The first-order chi connectivity index (χ1) is 9.77. The van der Waals surface area contributed by atoms with Crippen LogP contribution in [-0.2, 0) is 0 Å². The monoisotopic (exact) mass is 277 g/mol. The summed E-state index contributed by atoms with van der Waals surface area (Å²) < 4.78 is 5.18. The summed E-state index contributed by atoms with van der Waals surface area (Å²) in [4.78, 5) is 0. The molecule has 0 spiro atoms. The van der Waals surface area contributed by atoms with Gasteiger partial charge in [0.1, 0.15) is 5.75 Å². The highest BCUT2D eigenvalue weighted by Gasteiger charge is 2.04. The molecule has 2 nitrogen and oxygen atoms in total. The van der Waals surface area contributed by atoms with E-state index in [0.29, 0.717) is 6.04 Å². The smallest absolute Gasteiger partial charge is 0.118 e. The highest BCUT2D eigenvalue weighted by atomic mass is 16.5. The molecule has 0 saturated heterocycles. The average molecular weight is 277 g/mol. The van der Waals surface area contributed by atoms with Gasteiger partial charge >= 0.3 is 0 Å². The molecule has 1 unspecified atom stereocenters. The maximum absolute atomic E-state index is 5.18. The van der Waals surface area contributed by atoms with Gasteiger partial charge in [-0.3, -0.25) is 0 Å². The topological polar surface area (TPSA) is 21.3 Å². The van der Waals surface area contributed by atoms with Crippen molar-refractivity contribution in [3.63, 3.8) is 0 Å². The molecule has 0 amide bonds. The third kappa shape index (κ3) is 6.95. The summed E-state index contributed by atoms with van der Waals surface area (Å²) in [7, 11) is 1.71. The van der Waals surface area contributed by atoms with Gasteiger partial charge in [-0.1, -0.05) is 57.6 Å². The van der Waals surface area contributed by atoms with E-state index in [-0.39, 0.29) is 0 Å². The molecular formula is C18H31NO. The fraction of sp³-hybridized carbons (Fsp3) is 0.667. The van der Waals surface area contributed by atoms with Crippen molar-refractivity contribution in [2.24, 2.45) is 0 Å². The SMILES string of the molecule is CCCCCCCCCNC(C)c1ccc(OC)cc1. The van der Waals surface area contributed by atoms with E-state index in [0.717, 1.165) is 12.3 Å². The Morgan fingerprint density at radius 1 is 0.950 bits per heavy atom. The van der Waals surface area contributed by atoms with Crippen molar-refractivity contribution in [1.82, 2.24) is 5.32 Å². The van der Waals surface area contributed by atoms with Gasteiger partial charge in [0.15, 0.2) is 0 Å². The normalized spacial score (nSPS) is 12.3. The predicted octanol–water partition coefficient (Wildman–Crippen LogP) is 5.10. The van der Waals surface area contributed by atoms with Crippen LogP contribution < -0.4 is 10.1 Å². The van der Waals surface area contributed by atoms with Crippen LogP contribution in [0.5, 0.6) is 5.75 Å². The molecule has 1 aromatic rings. The van der Waals surface area contributed by atoms with E-state index in [2.05, 4.69) is 31.3 Å². The quantitative estimate of drug-likeness (QED) is 0.568. The first-order valence-electron chi connectivity index (χ1n) is 8.15. The summed E-state index contributed by atoms with van der Waals surface area (Å²) in [6.45, 7) is 5.61. The van der Waals surface area contributed by atoms with E-state index in [1.807, 2.05) is 12.1 Å². The molecule has 114 valence electrons. The number of benzene rings is 1. The second-order valence-corrected chi connectivity index (χ2v) is 5.57. The fourth-order valence-electron chi connectivity index (χ4n) is 2.41. The summed E-state index contributed by atoms with van der Waals surface area (Å²) in [5.74, 6) is 0.924. The summed E-state index contributed by atoms with van der Waals surface area (Å²) in [5, 5.41) is 3.60. The molecule has 0 aromatic heterocycles. The van der Waals surface area contributed by atoms with E-state index in [4.69, 9.17) is 4.74 Å². The maximum atomic E-state index is 5.18. The van der Waals surface area contributed by atoms with Crippen LogP contribution in [0.3, 0.4) is 0 Å². The van der Waals surface area contributed by atoms with Gasteiger partial charge in [0.25, 0.3) is 0 Å². The second kappa shape index (κ2) is 10.7. The Hall–Kier alpha value is -1.02. The molecule has 1 N–H and O–H groups in total. The lowest BCUT2D eigenvalue weighted by Gasteiger charge is -2.14. The van der Waals surface area contributed by atoms with E-state index in [9.17, 15) is 0 Å². The number of hydrogen-bond acceptors (Lipinski definition) is 2. The van der Waals surface area contributed by atoms with Gasteiger partial charge in [-0.15, -0.1) is 0 Å². The first kappa shape index (κ1) is 17.0. The Balaban J connectivity index is 2.08. The molecule has 0 bridgehead atoms. The van der Waals surface area contributed by atoms with Crippen LogP contribution in [0, 0.1) is 0 Å². The Morgan fingerprint density at radius 2 is 1.55 bits per heavy atom. The Labute approximate surface area is 124 Å².